The summed E-state index contributed by atoms with van der Waals surface area (Å²) in [7, 11) is 0. The third-order valence-electron chi connectivity index (χ3n) is 9.40. The van der Waals surface area contributed by atoms with Gasteiger partial charge in [0.1, 0.15) is 0 Å². The molecule has 0 bridgehead atoms. The van der Waals surface area contributed by atoms with Gasteiger partial charge >= 0.3 is 5.97 Å². The molecular formula is C42H82O2. The normalized spacial score (nSPS) is 11.6. The third kappa shape index (κ3) is 39.2. The molecule has 0 unspecified atom stereocenters. The minimum Gasteiger partial charge on any atom is -0.466 e. The zero-order valence-electron chi connectivity index (χ0n) is 30.6. The standard InChI is InChI=1S/C42H82O2/c1-3-5-7-9-11-13-15-17-19-21-22-23-25-27-29-31-33-35-37-39-41-44-42(43)40-38-36-34-32-30-28-26-24-20-18-16-14-12-10-8-6-4-2/h17,19H,3-16,18,20-41H2,1-2H3/b19-17-. The van der Waals surface area contributed by atoms with Crippen molar-refractivity contribution in [2.24, 2.45) is 0 Å². The number of carbonyl (C=O) groups excluding carboxylic acids is 1. The molecule has 0 aromatic heterocycles. The van der Waals surface area contributed by atoms with E-state index in [-0.39, 0.29) is 5.97 Å². The first-order chi connectivity index (χ1) is 21.8. The van der Waals surface area contributed by atoms with E-state index < -0.39 is 0 Å². The summed E-state index contributed by atoms with van der Waals surface area (Å²) in [6, 6.07) is 0. The van der Waals surface area contributed by atoms with Crippen LogP contribution in [0.4, 0.5) is 0 Å². The van der Waals surface area contributed by atoms with Gasteiger partial charge in [-0.05, 0) is 38.5 Å². The molecule has 0 fully saturated rings. The van der Waals surface area contributed by atoms with E-state index >= 15 is 0 Å². The molecule has 0 aromatic carbocycles. The van der Waals surface area contributed by atoms with Crippen LogP contribution in [0.25, 0.3) is 0 Å². The van der Waals surface area contributed by atoms with E-state index in [0.29, 0.717) is 13.0 Å². The number of rotatable bonds is 38. The number of hydrogen-bond acceptors (Lipinski definition) is 2. The van der Waals surface area contributed by atoms with Gasteiger partial charge in [-0.3, -0.25) is 4.79 Å². The molecule has 0 aromatic rings. The maximum absolute atomic E-state index is 12.0. The lowest BCUT2D eigenvalue weighted by Gasteiger charge is -2.06. The van der Waals surface area contributed by atoms with E-state index in [0.717, 1.165) is 12.8 Å². The summed E-state index contributed by atoms with van der Waals surface area (Å²) in [6.07, 6.45) is 53.0. The van der Waals surface area contributed by atoms with Gasteiger partial charge in [0.2, 0.25) is 0 Å². The fourth-order valence-electron chi connectivity index (χ4n) is 6.31. The van der Waals surface area contributed by atoms with Gasteiger partial charge in [0.05, 0.1) is 6.61 Å². The molecule has 0 aliphatic rings. The zero-order valence-corrected chi connectivity index (χ0v) is 30.6. The van der Waals surface area contributed by atoms with E-state index in [1.807, 2.05) is 0 Å². The highest BCUT2D eigenvalue weighted by molar-refractivity contribution is 5.69. The Balaban J connectivity index is 3.17. The predicted octanol–water partition coefficient (Wildman–Crippen LogP) is 15.2. The highest BCUT2D eigenvalue weighted by atomic mass is 16.5. The van der Waals surface area contributed by atoms with Crippen LogP contribution in [0, 0.1) is 0 Å². The second-order valence-electron chi connectivity index (χ2n) is 14.0. The average molecular weight is 619 g/mol. The van der Waals surface area contributed by atoms with E-state index in [1.165, 1.54) is 212 Å². The molecule has 0 rings (SSSR count). The zero-order chi connectivity index (χ0) is 31.9. The molecule has 2 heteroatoms. The van der Waals surface area contributed by atoms with E-state index in [9.17, 15) is 4.79 Å². The number of carbonyl (C=O) groups is 1. The average Bonchev–Trinajstić information content (AvgIpc) is 3.03. The first-order valence-corrected chi connectivity index (χ1v) is 20.6. The summed E-state index contributed by atoms with van der Waals surface area (Å²) in [5.74, 6) is 0.0271. The van der Waals surface area contributed by atoms with Crippen molar-refractivity contribution in [3.05, 3.63) is 12.2 Å². The van der Waals surface area contributed by atoms with Crippen LogP contribution < -0.4 is 0 Å². The monoisotopic (exact) mass is 619 g/mol. The van der Waals surface area contributed by atoms with E-state index in [1.54, 1.807) is 0 Å². The Bertz CT molecular complexity index is 554. The minimum absolute atomic E-state index is 0.0271. The lowest BCUT2D eigenvalue weighted by molar-refractivity contribution is -0.143. The summed E-state index contributed by atoms with van der Waals surface area (Å²) in [6.45, 7) is 5.21. The molecule has 0 saturated carbocycles. The van der Waals surface area contributed by atoms with Crippen LogP contribution in [0.15, 0.2) is 12.2 Å². The number of esters is 1. The Labute approximate surface area is 278 Å². The van der Waals surface area contributed by atoms with Crippen molar-refractivity contribution in [3.63, 3.8) is 0 Å². The Hall–Kier alpha value is -0.790. The van der Waals surface area contributed by atoms with Crippen molar-refractivity contribution >= 4 is 5.97 Å². The fourth-order valence-corrected chi connectivity index (χ4v) is 6.31. The Morgan fingerprint density at radius 1 is 0.364 bits per heavy atom. The van der Waals surface area contributed by atoms with Crippen molar-refractivity contribution in [2.75, 3.05) is 6.61 Å². The Morgan fingerprint density at radius 2 is 0.636 bits per heavy atom. The molecule has 44 heavy (non-hydrogen) atoms. The van der Waals surface area contributed by atoms with Crippen molar-refractivity contribution in [1.82, 2.24) is 0 Å². The molecule has 0 N–H and O–H groups in total. The number of allylic oxidation sites excluding steroid dienone is 2. The number of unbranched alkanes of at least 4 members (excludes halogenated alkanes) is 32. The van der Waals surface area contributed by atoms with Crippen molar-refractivity contribution < 1.29 is 9.53 Å². The second-order valence-corrected chi connectivity index (χ2v) is 14.0. The molecule has 0 saturated heterocycles. The lowest BCUT2D eigenvalue weighted by Crippen LogP contribution is -2.05. The van der Waals surface area contributed by atoms with Crippen molar-refractivity contribution in [2.45, 2.75) is 245 Å². The first-order valence-electron chi connectivity index (χ1n) is 20.6. The minimum atomic E-state index is 0.0271. The molecule has 0 aliphatic heterocycles. The van der Waals surface area contributed by atoms with Gasteiger partial charge < -0.3 is 4.74 Å². The molecule has 262 valence electrons. The molecule has 0 spiro atoms. The lowest BCUT2D eigenvalue weighted by atomic mass is 10.0. The maximum atomic E-state index is 12.0. The molecule has 0 aliphatic carbocycles. The van der Waals surface area contributed by atoms with Gasteiger partial charge in [-0.1, -0.05) is 212 Å². The fraction of sp³-hybridized carbons (Fsp3) is 0.929. The van der Waals surface area contributed by atoms with Crippen molar-refractivity contribution in [3.8, 4) is 0 Å². The van der Waals surface area contributed by atoms with Crippen LogP contribution >= 0.6 is 0 Å². The first kappa shape index (κ1) is 43.2. The Morgan fingerprint density at radius 3 is 0.977 bits per heavy atom. The van der Waals surface area contributed by atoms with Crippen LogP contribution in [0.2, 0.25) is 0 Å². The Kier molecular flexibility index (Phi) is 39.5. The number of hydrogen-bond donors (Lipinski definition) is 0. The summed E-state index contributed by atoms with van der Waals surface area (Å²) in [4.78, 5) is 12.0. The molecule has 0 amide bonds. The smallest absolute Gasteiger partial charge is 0.305 e. The summed E-state index contributed by atoms with van der Waals surface area (Å²) < 4.78 is 5.46. The van der Waals surface area contributed by atoms with Gasteiger partial charge in [0, 0.05) is 6.42 Å². The van der Waals surface area contributed by atoms with Crippen LogP contribution in [-0.4, -0.2) is 12.6 Å². The van der Waals surface area contributed by atoms with Crippen molar-refractivity contribution in [1.29, 1.82) is 0 Å². The van der Waals surface area contributed by atoms with E-state index in [4.69, 9.17) is 4.74 Å². The molecule has 0 atom stereocenters. The highest BCUT2D eigenvalue weighted by Crippen LogP contribution is 2.15. The van der Waals surface area contributed by atoms with E-state index in [2.05, 4.69) is 26.0 Å². The SMILES string of the molecule is CCCCCCCC/C=C\CCCCCCCCCCCCOC(=O)CCCCCCCCCCCCCCCCCCC. The largest absolute Gasteiger partial charge is 0.466 e. The van der Waals surface area contributed by atoms with Crippen LogP contribution in [-0.2, 0) is 9.53 Å². The van der Waals surface area contributed by atoms with Gasteiger partial charge in [0.15, 0.2) is 0 Å². The predicted molar refractivity (Wildman–Crippen MR) is 198 cm³/mol. The van der Waals surface area contributed by atoms with Crippen LogP contribution in [0.3, 0.4) is 0 Å². The van der Waals surface area contributed by atoms with Crippen LogP contribution in [0.1, 0.15) is 245 Å². The van der Waals surface area contributed by atoms with Gasteiger partial charge in [-0.15, -0.1) is 0 Å². The topological polar surface area (TPSA) is 26.3 Å². The molecule has 0 radical (unpaired) electrons. The molecule has 2 nitrogen and oxygen atoms in total. The highest BCUT2D eigenvalue weighted by Gasteiger charge is 2.03. The quantitative estimate of drug-likeness (QED) is 0.0391. The molecule has 0 heterocycles. The van der Waals surface area contributed by atoms with Gasteiger partial charge in [0.25, 0.3) is 0 Å². The maximum Gasteiger partial charge on any atom is 0.305 e. The van der Waals surface area contributed by atoms with Gasteiger partial charge in [-0.2, -0.15) is 0 Å². The summed E-state index contributed by atoms with van der Waals surface area (Å²) in [5.41, 5.74) is 0. The van der Waals surface area contributed by atoms with Gasteiger partial charge in [-0.25, -0.2) is 0 Å². The number of ether oxygens (including phenoxy) is 1. The summed E-state index contributed by atoms with van der Waals surface area (Å²) >= 11 is 0. The summed E-state index contributed by atoms with van der Waals surface area (Å²) in [5, 5.41) is 0. The molecular weight excluding hydrogens is 536 g/mol. The second kappa shape index (κ2) is 40.2. The third-order valence-corrected chi connectivity index (χ3v) is 9.40. The van der Waals surface area contributed by atoms with Crippen LogP contribution in [0.5, 0.6) is 0 Å².